The van der Waals surface area contributed by atoms with Gasteiger partial charge in [0.25, 0.3) is 5.91 Å². The first-order valence-electron chi connectivity index (χ1n) is 9.75. The van der Waals surface area contributed by atoms with Gasteiger partial charge in [-0.3, -0.25) is 9.59 Å². The minimum absolute atomic E-state index is 0.0903. The number of anilines is 1. The topological polar surface area (TPSA) is 67.9 Å². The van der Waals surface area contributed by atoms with Crippen molar-refractivity contribution in [3.05, 3.63) is 53.3 Å². The number of halogens is 3. The highest BCUT2D eigenvalue weighted by Gasteiger charge is 2.22. The number of rotatable bonds is 9. The monoisotopic (exact) mass is 438 g/mol. The van der Waals surface area contributed by atoms with Crippen LogP contribution in [0.25, 0.3) is 0 Å². The largest absolute Gasteiger partial charge is 0.493 e. The summed E-state index contributed by atoms with van der Waals surface area (Å²) >= 11 is 0. The molecular formula is C22H25F3N2O4. The molecule has 0 heterocycles. The van der Waals surface area contributed by atoms with E-state index in [0.717, 1.165) is 6.07 Å². The van der Waals surface area contributed by atoms with Crippen LogP contribution in [0.15, 0.2) is 30.3 Å². The Kier molecular flexibility index (Phi) is 8.30. The van der Waals surface area contributed by atoms with E-state index < -0.39 is 41.5 Å². The summed E-state index contributed by atoms with van der Waals surface area (Å²) in [6.07, 6.45) is 0.469. The van der Waals surface area contributed by atoms with Gasteiger partial charge in [0.2, 0.25) is 5.91 Å². The number of amides is 2. The Morgan fingerprint density at radius 3 is 2.39 bits per heavy atom. The number of carbonyl (C=O) groups excluding carboxylic acids is 2. The van der Waals surface area contributed by atoms with Crippen molar-refractivity contribution in [2.45, 2.75) is 33.3 Å². The maximum absolute atomic E-state index is 13.8. The molecule has 0 saturated carbocycles. The molecule has 2 rings (SSSR count). The van der Waals surface area contributed by atoms with E-state index in [1.807, 2.05) is 20.8 Å². The van der Waals surface area contributed by atoms with Gasteiger partial charge in [0.1, 0.15) is 6.54 Å². The Morgan fingerprint density at radius 1 is 1.06 bits per heavy atom. The molecule has 168 valence electrons. The van der Waals surface area contributed by atoms with Crippen LogP contribution in [-0.4, -0.2) is 43.0 Å². The van der Waals surface area contributed by atoms with E-state index in [-0.39, 0.29) is 18.2 Å². The van der Waals surface area contributed by atoms with Crippen LogP contribution < -0.4 is 14.8 Å². The predicted molar refractivity (Wildman–Crippen MR) is 110 cm³/mol. The average molecular weight is 438 g/mol. The molecule has 0 aliphatic carbocycles. The molecule has 0 atom stereocenters. The standard InChI is InChI=1S/C22H25F3N2O4/c1-5-10-27(12-19(28)26-16-8-7-15(23)20(24)21(16)25)22(29)14-6-9-17(31-13(2)3)18(11-14)30-4/h6-9,11,13H,5,10,12H2,1-4H3,(H,26,28). The smallest absolute Gasteiger partial charge is 0.254 e. The first kappa shape index (κ1) is 24.0. The van der Waals surface area contributed by atoms with E-state index in [1.54, 1.807) is 12.1 Å². The maximum atomic E-state index is 13.8. The fraction of sp³-hybridized carbons (Fsp3) is 0.364. The quantitative estimate of drug-likeness (QED) is 0.590. The van der Waals surface area contributed by atoms with Crippen molar-refractivity contribution < 1.29 is 32.2 Å². The Bertz CT molecular complexity index is 951. The van der Waals surface area contributed by atoms with Crippen molar-refractivity contribution in [2.24, 2.45) is 0 Å². The number of hydrogen-bond acceptors (Lipinski definition) is 4. The van der Waals surface area contributed by atoms with Crippen LogP contribution in [0.2, 0.25) is 0 Å². The maximum Gasteiger partial charge on any atom is 0.254 e. The van der Waals surface area contributed by atoms with E-state index in [2.05, 4.69) is 5.32 Å². The fourth-order valence-corrected chi connectivity index (χ4v) is 2.84. The highest BCUT2D eigenvalue weighted by Crippen LogP contribution is 2.29. The molecule has 2 aromatic rings. The van der Waals surface area contributed by atoms with E-state index >= 15 is 0 Å². The lowest BCUT2D eigenvalue weighted by molar-refractivity contribution is -0.116. The summed E-state index contributed by atoms with van der Waals surface area (Å²) in [5.74, 6) is -4.91. The Morgan fingerprint density at radius 2 is 1.77 bits per heavy atom. The molecule has 0 bridgehead atoms. The molecule has 9 heteroatoms. The van der Waals surface area contributed by atoms with Crippen molar-refractivity contribution in [1.29, 1.82) is 0 Å². The molecule has 0 saturated heterocycles. The average Bonchev–Trinajstić information content (AvgIpc) is 2.73. The van der Waals surface area contributed by atoms with Crippen molar-refractivity contribution in [2.75, 3.05) is 25.5 Å². The van der Waals surface area contributed by atoms with E-state index in [0.29, 0.717) is 24.0 Å². The zero-order valence-corrected chi connectivity index (χ0v) is 17.8. The van der Waals surface area contributed by atoms with Gasteiger partial charge in [-0.2, -0.15) is 0 Å². The first-order valence-corrected chi connectivity index (χ1v) is 9.75. The van der Waals surface area contributed by atoms with Crippen LogP contribution >= 0.6 is 0 Å². The second-order valence-electron chi connectivity index (χ2n) is 7.03. The zero-order valence-electron chi connectivity index (χ0n) is 17.8. The third kappa shape index (κ3) is 6.13. The van der Waals surface area contributed by atoms with Gasteiger partial charge in [-0.25, -0.2) is 13.2 Å². The highest BCUT2D eigenvalue weighted by molar-refractivity contribution is 5.99. The summed E-state index contributed by atoms with van der Waals surface area (Å²) in [6, 6.07) is 6.28. The molecule has 0 spiro atoms. The summed E-state index contributed by atoms with van der Waals surface area (Å²) < 4.78 is 51.2. The Balaban J connectivity index is 2.18. The van der Waals surface area contributed by atoms with Gasteiger partial charge in [0, 0.05) is 12.1 Å². The Labute approximate surface area is 178 Å². The first-order chi connectivity index (χ1) is 14.7. The molecule has 0 radical (unpaired) electrons. The summed E-state index contributed by atoms with van der Waals surface area (Å²) in [6.45, 7) is 5.38. The van der Waals surface area contributed by atoms with Gasteiger partial charge >= 0.3 is 0 Å². The second-order valence-corrected chi connectivity index (χ2v) is 7.03. The van der Waals surface area contributed by atoms with Crippen molar-refractivity contribution >= 4 is 17.5 Å². The van der Waals surface area contributed by atoms with Crippen molar-refractivity contribution in [3.63, 3.8) is 0 Å². The van der Waals surface area contributed by atoms with Crippen molar-refractivity contribution in [1.82, 2.24) is 4.90 Å². The molecule has 0 aromatic heterocycles. The number of benzene rings is 2. The van der Waals surface area contributed by atoms with Gasteiger partial charge in [-0.15, -0.1) is 0 Å². The summed E-state index contributed by atoms with van der Waals surface area (Å²) in [5, 5.41) is 2.17. The highest BCUT2D eigenvalue weighted by atomic mass is 19.2. The molecular weight excluding hydrogens is 413 g/mol. The van der Waals surface area contributed by atoms with Gasteiger partial charge in [-0.05, 0) is 50.6 Å². The number of nitrogens with zero attached hydrogens (tertiary/aromatic N) is 1. The van der Waals surface area contributed by atoms with E-state index in [4.69, 9.17) is 9.47 Å². The lowest BCUT2D eigenvalue weighted by Gasteiger charge is -2.22. The third-order valence-electron chi connectivity index (χ3n) is 4.20. The number of carbonyl (C=O) groups is 2. The van der Waals surface area contributed by atoms with Gasteiger partial charge in [-0.1, -0.05) is 6.92 Å². The van der Waals surface area contributed by atoms with Gasteiger partial charge in [0.15, 0.2) is 29.0 Å². The number of hydrogen-bond donors (Lipinski definition) is 1. The van der Waals surface area contributed by atoms with Gasteiger partial charge < -0.3 is 19.7 Å². The van der Waals surface area contributed by atoms with Crippen LogP contribution in [-0.2, 0) is 4.79 Å². The molecule has 0 aliphatic rings. The van der Waals surface area contributed by atoms with Crippen LogP contribution in [0.3, 0.4) is 0 Å². The molecule has 0 unspecified atom stereocenters. The van der Waals surface area contributed by atoms with E-state index in [1.165, 1.54) is 18.1 Å². The SMILES string of the molecule is CCCN(CC(=O)Nc1ccc(F)c(F)c1F)C(=O)c1ccc(OC(C)C)c(OC)c1. The molecule has 2 amide bonds. The third-order valence-corrected chi connectivity index (χ3v) is 4.20. The summed E-state index contributed by atoms with van der Waals surface area (Å²) in [7, 11) is 1.45. The molecule has 6 nitrogen and oxygen atoms in total. The summed E-state index contributed by atoms with van der Waals surface area (Å²) in [5.41, 5.74) is -0.238. The Hall–Kier alpha value is -3.23. The lowest BCUT2D eigenvalue weighted by atomic mass is 10.1. The number of ether oxygens (including phenoxy) is 2. The van der Waals surface area contributed by atoms with Crippen molar-refractivity contribution in [3.8, 4) is 11.5 Å². The summed E-state index contributed by atoms with van der Waals surface area (Å²) in [4.78, 5) is 26.6. The number of methoxy groups -OCH3 is 1. The molecule has 2 aromatic carbocycles. The molecule has 31 heavy (non-hydrogen) atoms. The van der Waals surface area contributed by atoms with E-state index in [9.17, 15) is 22.8 Å². The minimum atomic E-state index is -1.69. The molecule has 0 aliphatic heterocycles. The van der Waals surface area contributed by atoms with Gasteiger partial charge in [0.05, 0.1) is 18.9 Å². The molecule has 1 N–H and O–H groups in total. The van der Waals surface area contributed by atoms with Crippen LogP contribution in [0.5, 0.6) is 11.5 Å². The minimum Gasteiger partial charge on any atom is -0.493 e. The van der Waals surface area contributed by atoms with Crippen LogP contribution in [0.4, 0.5) is 18.9 Å². The second kappa shape index (κ2) is 10.7. The zero-order chi connectivity index (χ0) is 23.1. The number of nitrogens with one attached hydrogen (secondary N) is 1. The van der Waals surface area contributed by atoms with Crippen LogP contribution in [0, 0.1) is 17.5 Å². The lowest BCUT2D eigenvalue weighted by Crippen LogP contribution is -2.38. The predicted octanol–water partition coefficient (Wildman–Crippen LogP) is 4.39. The van der Waals surface area contributed by atoms with Crippen LogP contribution in [0.1, 0.15) is 37.6 Å². The molecule has 0 fully saturated rings. The fourth-order valence-electron chi connectivity index (χ4n) is 2.84. The normalized spacial score (nSPS) is 10.7.